The second-order valence-electron chi connectivity index (χ2n) is 7.92. The Morgan fingerprint density at radius 3 is 2.77 bits per heavy atom. The highest BCUT2D eigenvalue weighted by Crippen LogP contribution is 2.42. The van der Waals surface area contributed by atoms with Gasteiger partial charge in [-0.2, -0.15) is 9.61 Å². The first kappa shape index (κ1) is 19.8. The van der Waals surface area contributed by atoms with Crippen LogP contribution in [0.2, 0.25) is 5.02 Å². The largest absolute Gasteiger partial charge is 0.382 e. The van der Waals surface area contributed by atoms with Crippen molar-refractivity contribution < 1.29 is 4.74 Å². The lowest BCUT2D eigenvalue weighted by Gasteiger charge is -2.41. The predicted molar refractivity (Wildman–Crippen MR) is 116 cm³/mol. The van der Waals surface area contributed by atoms with Crippen molar-refractivity contribution in [1.82, 2.24) is 24.6 Å². The molecule has 0 bridgehead atoms. The highest BCUT2D eigenvalue weighted by Gasteiger charge is 2.47. The van der Waals surface area contributed by atoms with Gasteiger partial charge in [0.1, 0.15) is 12.1 Å². The monoisotopic (exact) mass is 446 g/mol. The summed E-state index contributed by atoms with van der Waals surface area (Å²) in [7, 11) is 0. The zero-order valence-electron chi connectivity index (χ0n) is 16.5. The van der Waals surface area contributed by atoms with Gasteiger partial charge in [0.05, 0.1) is 22.6 Å². The molecule has 0 aliphatic carbocycles. The van der Waals surface area contributed by atoms with Crippen molar-refractivity contribution in [2.45, 2.75) is 41.7 Å². The first-order valence-corrected chi connectivity index (χ1v) is 11.1. The molecule has 2 aliphatic heterocycles. The summed E-state index contributed by atoms with van der Waals surface area (Å²) in [6.07, 6.45) is 7.04. The van der Waals surface area contributed by atoms with Gasteiger partial charge in [-0.1, -0.05) is 23.4 Å². The number of hydrogen-bond acceptors (Lipinski definition) is 9. The minimum absolute atomic E-state index is 0.0607. The van der Waals surface area contributed by atoms with Gasteiger partial charge in [0.25, 0.3) is 0 Å². The second kappa shape index (κ2) is 7.52. The molecule has 1 spiro atoms. The topological polar surface area (TPSA) is 120 Å². The standard InChI is InChI=1S/C19H23ClN8OS/c1-11-15(21)19(9-29-11)3-6-27(7-4-19)18-24-8-13(17-25-10-26-28(17)18)30-12-2-5-23-16(22)14(12)20/h2,5,8,10-11,15H,3-4,6-7,9,21H2,1H3,(H2,22,23)/t11-,15+/m0/s1. The molecule has 5 heterocycles. The minimum atomic E-state index is 0.0607. The fourth-order valence-corrected chi connectivity index (χ4v) is 5.46. The summed E-state index contributed by atoms with van der Waals surface area (Å²) < 4.78 is 7.62. The molecule has 0 saturated carbocycles. The van der Waals surface area contributed by atoms with E-state index in [2.05, 4.69) is 26.9 Å². The molecule has 0 unspecified atom stereocenters. The van der Waals surface area contributed by atoms with Crippen LogP contribution in [-0.4, -0.2) is 56.4 Å². The maximum Gasteiger partial charge on any atom is 0.228 e. The molecule has 30 heavy (non-hydrogen) atoms. The number of hydrogen-bond donors (Lipinski definition) is 2. The number of ether oxygens (including phenoxy) is 1. The van der Waals surface area contributed by atoms with Crippen molar-refractivity contribution in [3.8, 4) is 0 Å². The third-order valence-corrected chi connectivity index (χ3v) is 7.82. The summed E-state index contributed by atoms with van der Waals surface area (Å²) in [6, 6.07) is 1.90. The van der Waals surface area contributed by atoms with Gasteiger partial charge in [0.15, 0.2) is 5.65 Å². The Hall–Kier alpha value is -2.14. The third-order valence-electron chi connectivity index (χ3n) is 6.24. The van der Waals surface area contributed by atoms with Crippen molar-refractivity contribution in [3.05, 3.63) is 29.8 Å². The molecule has 0 aromatic carbocycles. The van der Waals surface area contributed by atoms with E-state index in [0.717, 1.165) is 53.9 Å². The average Bonchev–Trinajstić information content (AvgIpc) is 3.35. The molecule has 158 valence electrons. The third kappa shape index (κ3) is 3.18. The van der Waals surface area contributed by atoms with E-state index in [4.69, 9.17) is 32.8 Å². The highest BCUT2D eigenvalue weighted by molar-refractivity contribution is 7.99. The number of nitrogens with zero attached hydrogens (tertiary/aromatic N) is 6. The highest BCUT2D eigenvalue weighted by atomic mass is 35.5. The lowest BCUT2D eigenvalue weighted by Crippen LogP contribution is -2.51. The fourth-order valence-electron chi connectivity index (χ4n) is 4.34. The van der Waals surface area contributed by atoms with Gasteiger partial charge in [-0.3, -0.25) is 0 Å². The number of pyridine rings is 1. The molecule has 2 aliphatic rings. The molecule has 0 radical (unpaired) electrons. The molecule has 9 nitrogen and oxygen atoms in total. The van der Waals surface area contributed by atoms with Crippen LogP contribution < -0.4 is 16.4 Å². The van der Waals surface area contributed by atoms with Crippen molar-refractivity contribution in [2.75, 3.05) is 30.3 Å². The first-order chi connectivity index (χ1) is 14.5. The molecule has 2 atom stereocenters. The van der Waals surface area contributed by atoms with Gasteiger partial charge >= 0.3 is 0 Å². The molecular formula is C19H23ClN8OS. The van der Waals surface area contributed by atoms with Crippen molar-refractivity contribution >= 4 is 40.8 Å². The van der Waals surface area contributed by atoms with Gasteiger partial charge in [-0.05, 0) is 25.8 Å². The Morgan fingerprint density at radius 1 is 1.23 bits per heavy atom. The number of rotatable bonds is 3. The Bertz CT molecular complexity index is 1080. The first-order valence-electron chi connectivity index (χ1n) is 9.87. The molecule has 11 heteroatoms. The van der Waals surface area contributed by atoms with E-state index in [9.17, 15) is 0 Å². The van der Waals surface area contributed by atoms with Crippen molar-refractivity contribution in [3.63, 3.8) is 0 Å². The number of piperidine rings is 1. The van der Waals surface area contributed by atoms with Gasteiger partial charge in [0, 0.05) is 41.8 Å². The number of fused-ring (bicyclic) bond motifs is 1. The van der Waals surface area contributed by atoms with Crippen LogP contribution in [0.1, 0.15) is 19.8 Å². The lowest BCUT2D eigenvalue weighted by atomic mass is 9.73. The Balaban J connectivity index is 1.40. The summed E-state index contributed by atoms with van der Waals surface area (Å²) >= 11 is 7.75. The smallest absolute Gasteiger partial charge is 0.228 e. The van der Waals surface area contributed by atoms with Crippen LogP contribution in [0.3, 0.4) is 0 Å². The van der Waals surface area contributed by atoms with E-state index >= 15 is 0 Å². The summed E-state index contributed by atoms with van der Waals surface area (Å²) in [5.74, 6) is 1.08. The Labute approximate surface area is 183 Å². The van der Waals surface area contributed by atoms with Gasteiger partial charge < -0.3 is 21.1 Å². The van der Waals surface area contributed by atoms with Crippen LogP contribution in [-0.2, 0) is 4.74 Å². The number of nitrogens with two attached hydrogens (primary N) is 2. The molecule has 4 N–H and O–H groups in total. The van der Waals surface area contributed by atoms with Crippen molar-refractivity contribution in [1.29, 1.82) is 0 Å². The van der Waals surface area contributed by atoms with E-state index in [0.29, 0.717) is 10.8 Å². The summed E-state index contributed by atoms with van der Waals surface area (Å²) in [5, 5.41) is 4.85. The van der Waals surface area contributed by atoms with Crippen LogP contribution in [0.25, 0.3) is 5.65 Å². The van der Waals surface area contributed by atoms with Gasteiger partial charge in [0.2, 0.25) is 5.95 Å². The maximum absolute atomic E-state index is 6.45. The zero-order chi connectivity index (χ0) is 20.9. The average molecular weight is 447 g/mol. The van der Waals surface area contributed by atoms with Crippen LogP contribution >= 0.6 is 23.4 Å². The number of nitrogen functional groups attached to an aromatic ring is 1. The summed E-state index contributed by atoms with van der Waals surface area (Å²) in [5.41, 5.74) is 13.1. The number of halogens is 1. The normalized spacial score (nSPS) is 23.5. The second-order valence-corrected chi connectivity index (χ2v) is 9.38. The summed E-state index contributed by atoms with van der Waals surface area (Å²) in [6.45, 7) is 4.50. The maximum atomic E-state index is 6.45. The molecule has 0 amide bonds. The van der Waals surface area contributed by atoms with Crippen LogP contribution in [0, 0.1) is 5.41 Å². The SMILES string of the molecule is C[C@@H]1OCC2(CCN(c3ncc(Sc4ccnc(N)c4Cl)c4ncnn34)CC2)[C@@H]1N. The molecule has 3 aromatic rings. The number of aromatic nitrogens is 5. The zero-order valence-corrected chi connectivity index (χ0v) is 18.1. The van der Waals surface area contributed by atoms with E-state index in [1.165, 1.54) is 11.8 Å². The summed E-state index contributed by atoms with van der Waals surface area (Å²) in [4.78, 5) is 17.1. The Morgan fingerprint density at radius 2 is 2.03 bits per heavy atom. The molecule has 5 rings (SSSR count). The lowest BCUT2D eigenvalue weighted by molar-refractivity contribution is 0.0973. The van der Waals surface area contributed by atoms with Crippen LogP contribution in [0.4, 0.5) is 11.8 Å². The molecule has 3 aromatic heterocycles. The predicted octanol–water partition coefficient (Wildman–Crippen LogP) is 2.24. The fraction of sp³-hybridized carbons (Fsp3) is 0.474. The Kier molecular flexibility index (Phi) is 4.97. The molecule has 2 saturated heterocycles. The number of anilines is 2. The molecular weight excluding hydrogens is 424 g/mol. The van der Waals surface area contributed by atoms with Gasteiger partial charge in [-0.25, -0.2) is 15.0 Å². The van der Waals surface area contributed by atoms with Crippen LogP contribution in [0.15, 0.2) is 34.6 Å². The molecule has 2 fully saturated rings. The van der Waals surface area contributed by atoms with Crippen LogP contribution in [0.5, 0.6) is 0 Å². The van der Waals surface area contributed by atoms with E-state index in [-0.39, 0.29) is 17.6 Å². The van der Waals surface area contributed by atoms with Gasteiger partial charge in [-0.15, -0.1) is 0 Å². The van der Waals surface area contributed by atoms with Crippen molar-refractivity contribution in [2.24, 2.45) is 11.1 Å². The quantitative estimate of drug-likeness (QED) is 0.623. The van der Waals surface area contributed by atoms with E-state index < -0.39 is 0 Å². The van der Waals surface area contributed by atoms with E-state index in [1.54, 1.807) is 17.0 Å². The minimum Gasteiger partial charge on any atom is -0.382 e. The van der Waals surface area contributed by atoms with E-state index in [1.807, 2.05) is 12.3 Å².